The molecule has 96 valence electrons. The molecule has 1 aliphatic heterocycles. The maximum absolute atomic E-state index is 9.40. The number of fused-ring (bicyclic) bond motifs is 1. The summed E-state index contributed by atoms with van der Waals surface area (Å²) in [6, 6.07) is 7.17. The summed E-state index contributed by atoms with van der Waals surface area (Å²) in [7, 11) is 0. The molecule has 0 spiro atoms. The van der Waals surface area contributed by atoms with Crippen LogP contribution in [-0.4, -0.2) is 21.9 Å². The quantitative estimate of drug-likeness (QED) is 0.893. The van der Waals surface area contributed by atoms with Crippen molar-refractivity contribution < 1.29 is 14.6 Å². The number of hydrogen-bond acceptors (Lipinski definition) is 5. The van der Waals surface area contributed by atoms with E-state index in [1.807, 2.05) is 24.3 Å². The molecule has 0 unspecified atom stereocenters. The Morgan fingerprint density at radius 1 is 1.11 bits per heavy atom. The summed E-state index contributed by atoms with van der Waals surface area (Å²) < 4.78 is 10.5. The minimum absolute atomic E-state index is 0.0298. The number of aromatic nitrogens is 2. The zero-order valence-electron chi connectivity index (χ0n) is 10.3. The minimum Gasteiger partial charge on any atom is -0.493 e. The van der Waals surface area contributed by atoms with Crippen LogP contribution >= 0.6 is 0 Å². The molecule has 0 bridgehead atoms. The highest BCUT2D eigenvalue weighted by Crippen LogP contribution is 2.32. The summed E-state index contributed by atoms with van der Waals surface area (Å²) in [6.45, 7) is 2.07. The first-order chi connectivity index (χ1) is 9.20. The lowest BCUT2D eigenvalue weighted by atomic mass is 10.2. The van der Waals surface area contributed by atoms with Crippen molar-refractivity contribution in [3.63, 3.8) is 0 Å². The molecule has 1 aromatic heterocycles. The Balaban J connectivity index is 1.86. The summed E-state index contributed by atoms with van der Waals surface area (Å²) in [5.74, 6) is 1.92. The van der Waals surface area contributed by atoms with Gasteiger partial charge in [-0.3, -0.25) is 0 Å². The molecule has 3 rings (SSSR count). The van der Waals surface area contributed by atoms with E-state index in [-0.39, 0.29) is 12.7 Å². The Kier molecular flexibility index (Phi) is 2.79. The van der Waals surface area contributed by atoms with Crippen molar-refractivity contribution in [2.45, 2.75) is 6.92 Å². The zero-order valence-corrected chi connectivity index (χ0v) is 10.3. The molecule has 1 N–H and O–H groups in total. The van der Waals surface area contributed by atoms with Gasteiger partial charge in [0, 0.05) is 11.8 Å². The van der Waals surface area contributed by atoms with Gasteiger partial charge in [0.05, 0.1) is 0 Å². The third-order valence-corrected chi connectivity index (χ3v) is 2.68. The van der Waals surface area contributed by atoms with Gasteiger partial charge in [-0.25, -0.2) is 4.98 Å². The smallest absolute Gasteiger partial charge is 0.231 e. The van der Waals surface area contributed by atoms with Crippen LogP contribution in [0, 0.1) is 6.92 Å². The molecule has 19 heavy (non-hydrogen) atoms. The van der Waals surface area contributed by atoms with Crippen molar-refractivity contribution in [3.05, 3.63) is 41.3 Å². The van der Waals surface area contributed by atoms with E-state index in [1.165, 1.54) is 6.07 Å². The molecule has 0 saturated heterocycles. The molecule has 0 radical (unpaired) electrons. The third-order valence-electron chi connectivity index (χ3n) is 2.68. The second-order valence-corrected chi connectivity index (χ2v) is 4.17. The molecule has 1 aliphatic rings. The Morgan fingerprint density at radius 2 is 1.95 bits per heavy atom. The predicted octanol–water partition coefficient (Wildman–Crippen LogP) is 2.39. The molecule has 2 heterocycles. The van der Waals surface area contributed by atoms with E-state index < -0.39 is 0 Å². The van der Waals surface area contributed by atoms with Crippen molar-refractivity contribution in [3.8, 4) is 17.4 Å². The van der Waals surface area contributed by atoms with Crippen LogP contribution in [0.4, 0.5) is 0 Å². The maximum atomic E-state index is 9.40. The van der Waals surface area contributed by atoms with Gasteiger partial charge >= 0.3 is 0 Å². The predicted molar refractivity (Wildman–Crippen MR) is 69.9 cm³/mol. The van der Waals surface area contributed by atoms with Crippen molar-refractivity contribution >= 4 is 12.2 Å². The van der Waals surface area contributed by atoms with Crippen LogP contribution in [0.15, 0.2) is 24.3 Å². The van der Waals surface area contributed by atoms with E-state index in [1.54, 1.807) is 13.0 Å². The van der Waals surface area contributed by atoms with Crippen LogP contribution in [-0.2, 0) is 0 Å². The number of nitrogens with zero attached hydrogens (tertiary/aromatic N) is 2. The summed E-state index contributed by atoms with van der Waals surface area (Å²) in [6.07, 6.45) is 3.60. The van der Waals surface area contributed by atoms with Gasteiger partial charge in [0.1, 0.15) is 0 Å². The van der Waals surface area contributed by atoms with Gasteiger partial charge in [-0.15, -0.1) is 0 Å². The maximum Gasteiger partial charge on any atom is 0.231 e. The van der Waals surface area contributed by atoms with E-state index in [4.69, 9.17) is 9.47 Å². The van der Waals surface area contributed by atoms with Crippen LogP contribution in [0.25, 0.3) is 12.2 Å². The number of benzene rings is 1. The van der Waals surface area contributed by atoms with Gasteiger partial charge < -0.3 is 14.6 Å². The monoisotopic (exact) mass is 256 g/mol. The topological polar surface area (TPSA) is 64.5 Å². The molecule has 0 aliphatic carbocycles. The Bertz CT molecular complexity index is 633. The van der Waals surface area contributed by atoms with Crippen LogP contribution in [0.3, 0.4) is 0 Å². The average Bonchev–Trinajstić information content (AvgIpc) is 2.82. The lowest BCUT2D eigenvalue weighted by molar-refractivity contribution is 0.174. The van der Waals surface area contributed by atoms with E-state index in [0.29, 0.717) is 5.82 Å². The average molecular weight is 256 g/mol. The van der Waals surface area contributed by atoms with Gasteiger partial charge in [-0.1, -0.05) is 12.1 Å². The molecule has 0 atom stereocenters. The molecule has 5 nitrogen and oxygen atoms in total. The van der Waals surface area contributed by atoms with Crippen molar-refractivity contribution in [2.24, 2.45) is 0 Å². The third kappa shape index (κ3) is 2.49. The number of hydrogen-bond donors (Lipinski definition) is 1. The molecule has 5 heteroatoms. The highest BCUT2D eigenvalue weighted by atomic mass is 16.7. The number of ether oxygens (including phenoxy) is 2. The van der Waals surface area contributed by atoms with E-state index in [9.17, 15) is 5.11 Å². The van der Waals surface area contributed by atoms with Crippen LogP contribution in [0.1, 0.15) is 17.1 Å². The number of aromatic hydroxyl groups is 1. The molecule has 0 amide bonds. The highest BCUT2D eigenvalue weighted by Gasteiger charge is 2.12. The van der Waals surface area contributed by atoms with E-state index in [0.717, 1.165) is 22.8 Å². The minimum atomic E-state index is -0.0298. The summed E-state index contributed by atoms with van der Waals surface area (Å²) in [5, 5.41) is 9.40. The molecule has 0 fully saturated rings. The van der Waals surface area contributed by atoms with Crippen LogP contribution in [0.5, 0.6) is 17.4 Å². The number of aryl methyl sites for hydroxylation is 1. The largest absolute Gasteiger partial charge is 0.493 e. The van der Waals surface area contributed by atoms with Gasteiger partial charge in [0.2, 0.25) is 12.7 Å². The summed E-state index contributed by atoms with van der Waals surface area (Å²) >= 11 is 0. The van der Waals surface area contributed by atoms with Crippen molar-refractivity contribution in [2.75, 3.05) is 6.79 Å². The Hall–Kier alpha value is -2.56. The fraction of sp³-hybridized carbons (Fsp3) is 0.143. The van der Waals surface area contributed by atoms with Gasteiger partial charge in [-0.2, -0.15) is 4.98 Å². The molecular weight excluding hydrogens is 244 g/mol. The lowest BCUT2D eigenvalue weighted by Crippen LogP contribution is -1.92. The van der Waals surface area contributed by atoms with Crippen LogP contribution in [0.2, 0.25) is 0 Å². The first-order valence-corrected chi connectivity index (χ1v) is 5.83. The Morgan fingerprint density at radius 3 is 2.79 bits per heavy atom. The highest BCUT2D eigenvalue weighted by molar-refractivity contribution is 5.68. The van der Waals surface area contributed by atoms with E-state index >= 15 is 0 Å². The van der Waals surface area contributed by atoms with Gasteiger partial charge in [0.25, 0.3) is 0 Å². The van der Waals surface area contributed by atoms with E-state index in [2.05, 4.69) is 9.97 Å². The molecule has 1 aromatic carbocycles. The first kappa shape index (κ1) is 11.5. The summed E-state index contributed by atoms with van der Waals surface area (Å²) in [5.41, 5.74) is 1.67. The molecule has 2 aromatic rings. The lowest BCUT2D eigenvalue weighted by Gasteiger charge is -1.99. The second-order valence-electron chi connectivity index (χ2n) is 4.17. The number of rotatable bonds is 2. The van der Waals surface area contributed by atoms with Gasteiger partial charge in [-0.05, 0) is 30.7 Å². The zero-order chi connectivity index (χ0) is 13.2. The first-order valence-electron chi connectivity index (χ1n) is 5.83. The molecule has 0 saturated carbocycles. The standard InChI is InChI=1S/C14H12N2O3/c1-9-6-14(17)16-13(15-9)5-3-10-2-4-11-12(7-10)19-8-18-11/h2-7H,8H2,1H3,(H,15,16,17)/b5-3+. The Labute approximate surface area is 110 Å². The molecular formula is C14H12N2O3. The van der Waals surface area contributed by atoms with Gasteiger partial charge in [0.15, 0.2) is 17.3 Å². The van der Waals surface area contributed by atoms with Crippen LogP contribution < -0.4 is 9.47 Å². The fourth-order valence-corrected chi connectivity index (χ4v) is 1.84. The second kappa shape index (κ2) is 4.61. The fourth-order valence-electron chi connectivity index (χ4n) is 1.84. The van der Waals surface area contributed by atoms with Crippen molar-refractivity contribution in [1.29, 1.82) is 0 Å². The van der Waals surface area contributed by atoms with Crippen molar-refractivity contribution in [1.82, 2.24) is 9.97 Å². The SMILES string of the molecule is Cc1cc(O)nc(/C=C/c2ccc3c(c2)OCO3)n1. The normalized spacial score (nSPS) is 13.1. The summed E-state index contributed by atoms with van der Waals surface area (Å²) in [4.78, 5) is 8.13.